The van der Waals surface area contributed by atoms with Gasteiger partial charge in [0, 0.05) is 13.2 Å². The minimum atomic E-state index is 0.351. The highest BCUT2D eigenvalue weighted by atomic mass is 15.3. The minimum Gasteiger partial charge on any atom is -0.312 e. The average molecular weight is 223 g/mol. The van der Waals surface area contributed by atoms with Crippen molar-refractivity contribution in [3.63, 3.8) is 0 Å². The van der Waals surface area contributed by atoms with Crippen LogP contribution < -0.4 is 5.32 Å². The maximum absolute atomic E-state index is 4.47. The second kappa shape index (κ2) is 5.00. The van der Waals surface area contributed by atoms with Gasteiger partial charge in [-0.05, 0) is 30.9 Å². The number of nitrogens with zero attached hydrogens (tertiary/aromatic N) is 2. The van der Waals surface area contributed by atoms with Crippen molar-refractivity contribution in [1.29, 1.82) is 0 Å². The van der Waals surface area contributed by atoms with Crippen molar-refractivity contribution in [2.75, 3.05) is 7.05 Å². The average Bonchev–Trinajstić information content (AvgIpc) is 2.59. The molecule has 0 aliphatic heterocycles. The lowest BCUT2D eigenvalue weighted by Gasteiger charge is -2.30. The Labute approximate surface area is 99.2 Å². The van der Waals surface area contributed by atoms with Gasteiger partial charge in [0.25, 0.3) is 0 Å². The van der Waals surface area contributed by atoms with E-state index in [4.69, 9.17) is 0 Å². The van der Waals surface area contributed by atoms with Crippen molar-refractivity contribution in [1.82, 2.24) is 15.1 Å². The van der Waals surface area contributed by atoms with Gasteiger partial charge in [0.05, 0.1) is 11.7 Å². The number of aryl methyl sites for hydroxylation is 1. The molecule has 1 aromatic heterocycles. The van der Waals surface area contributed by atoms with Crippen LogP contribution in [0.1, 0.15) is 45.9 Å². The molecular formula is C13H25N3. The van der Waals surface area contributed by atoms with Crippen LogP contribution in [0.4, 0.5) is 0 Å². The van der Waals surface area contributed by atoms with Crippen LogP contribution in [-0.2, 0) is 7.05 Å². The summed E-state index contributed by atoms with van der Waals surface area (Å²) in [4.78, 5) is 0. The Hall–Kier alpha value is -0.830. The first-order chi connectivity index (χ1) is 7.34. The summed E-state index contributed by atoms with van der Waals surface area (Å²) < 4.78 is 1.86. The largest absolute Gasteiger partial charge is 0.312 e. The zero-order valence-corrected chi connectivity index (χ0v) is 11.4. The Balaban J connectivity index is 2.70. The van der Waals surface area contributed by atoms with Gasteiger partial charge in [-0.2, -0.15) is 5.10 Å². The normalized spacial score (nSPS) is 16.1. The summed E-state index contributed by atoms with van der Waals surface area (Å²) in [5, 5.41) is 7.83. The van der Waals surface area contributed by atoms with Crippen molar-refractivity contribution in [3.05, 3.63) is 18.0 Å². The molecule has 0 aromatic carbocycles. The van der Waals surface area contributed by atoms with E-state index in [2.05, 4.69) is 44.2 Å². The van der Waals surface area contributed by atoms with E-state index in [0.29, 0.717) is 17.4 Å². The molecular weight excluding hydrogens is 198 g/mol. The van der Waals surface area contributed by atoms with Crippen LogP contribution in [0.25, 0.3) is 0 Å². The van der Waals surface area contributed by atoms with Crippen LogP contribution in [0, 0.1) is 11.3 Å². The molecule has 1 N–H and O–H groups in total. The van der Waals surface area contributed by atoms with Crippen LogP contribution in [-0.4, -0.2) is 16.8 Å². The van der Waals surface area contributed by atoms with Gasteiger partial charge < -0.3 is 5.32 Å². The highest BCUT2D eigenvalue weighted by Crippen LogP contribution is 2.32. The van der Waals surface area contributed by atoms with E-state index in [1.165, 1.54) is 0 Å². The van der Waals surface area contributed by atoms with Crippen LogP contribution >= 0.6 is 0 Å². The molecule has 0 amide bonds. The van der Waals surface area contributed by atoms with E-state index in [1.807, 2.05) is 25.0 Å². The Bertz CT molecular complexity index is 322. The lowest BCUT2D eigenvalue weighted by Crippen LogP contribution is -2.25. The Morgan fingerprint density at radius 1 is 1.44 bits per heavy atom. The number of rotatable bonds is 4. The zero-order valence-electron chi connectivity index (χ0n) is 11.4. The summed E-state index contributed by atoms with van der Waals surface area (Å²) in [6.45, 7) is 9.20. The fourth-order valence-electron chi connectivity index (χ4n) is 1.71. The SMILES string of the molecule is CNC(CC(C)C(C)(C)C)c1ccn(C)n1. The van der Waals surface area contributed by atoms with Gasteiger partial charge >= 0.3 is 0 Å². The molecule has 92 valence electrons. The first kappa shape index (κ1) is 13.2. The third-order valence-corrected chi connectivity index (χ3v) is 3.51. The third-order valence-electron chi connectivity index (χ3n) is 3.51. The number of nitrogens with one attached hydrogen (secondary N) is 1. The summed E-state index contributed by atoms with van der Waals surface area (Å²) in [7, 11) is 3.97. The van der Waals surface area contributed by atoms with Crippen LogP contribution in [0.3, 0.4) is 0 Å². The van der Waals surface area contributed by atoms with E-state index in [1.54, 1.807) is 0 Å². The number of aromatic nitrogens is 2. The minimum absolute atomic E-state index is 0.351. The predicted octanol–water partition coefficient (Wildman–Crippen LogP) is 2.75. The summed E-state index contributed by atoms with van der Waals surface area (Å²) in [6.07, 6.45) is 3.12. The van der Waals surface area contributed by atoms with E-state index in [0.717, 1.165) is 12.1 Å². The molecule has 0 fully saturated rings. The maximum Gasteiger partial charge on any atom is 0.0793 e. The van der Waals surface area contributed by atoms with Crippen molar-refractivity contribution < 1.29 is 0 Å². The zero-order chi connectivity index (χ0) is 12.3. The van der Waals surface area contributed by atoms with Crippen molar-refractivity contribution in [3.8, 4) is 0 Å². The highest BCUT2D eigenvalue weighted by molar-refractivity contribution is 5.05. The monoisotopic (exact) mass is 223 g/mol. The molecule has 2 unspecified atom stereocenters. The third kappa shape index (κ3) is 3.34. The standard InChI is InChI=1S/C13H25N3/c1-10(13(2,3)4)9-12(14-5)11-7-8-16(6)15-11/h7-8,10,12,14H,9H2,1-6H3. The molecule has 0 aliphatic carbocycles. The second-order valence-corrected chi connectivity index (χ2v) is 5.76. The summed E-state index contributed by atoms with van der Waals surface area (Å²) in [6, 6.07) is 2.45. The van der Waals surface area contributed by atoms with Gasteiger partial charge in [-0.1, -0.05) is 27.7 Å². The maximum atomic E-state index is 4.47. The van der Waals surface area contributed by atoms with E-state index in [9.17, 15) is 0 Å². The molecule has 3 nitrogen and oxygen atoms in total. The quantitative estimate of drug-likeness (QED) is 0.850. The van der Waals surface area contributed by atoms with Gasteiger partial charge in [0.2, 0.25) is 0 Å². The van der Waals surface area contributed by atoms with Crippen LogP contribution in [0.15, 0.2) is 12.3 Å². The Morgan fingerprint density at radius 2 is 2.06 bits per heavy atom. The lowest BCUT2D eigenvalue weighted by molar-refractivity contribution is 0.224. The smallest absolute Gasteiger partial charge is 0.0793 e. The molecule has 1 heterocycles. The fourth-order valence-corrected chi connectivity index (χ4v) is 1.71. The lowest BCUT2D eigenvalue weighted by atomic mass is 9.78. The summed E-state index contributed by atoms with van der Waals surface area (Å²) >= 11 is 0. The Kier molecular flexibility index (Phi) is 4.14. The topological polar surface area (TPSA) is 29.9 Å². The van der Waals surface area contributed by atoms with Crippen molar-refractivity contribution >= 4 is 0 Å². The second-order valence-electron chi connectivity index (χ2n) is 5.76. The molecule has 2 atom stereocenters. The number of hydrogen-bond acceptors (Lipinski definition) is 2. The molecule has 0 saturated heterocycles. The molecule has 16 heavy (non-hydrogen) atoms. The molecule has 1 aromatic rings. The summed E-state index contributed by atoms with van der Waals surface area (Å²) in [5.41, 5.74) is 1.49. The summed E-state index contributed by atoms with van der Waals surface area (Å²) in [5.74, 6) is 0.659. The van der Waals surface area contributed by atoms with Gasteiger partial charge in [-0.3, -0.25) is 4.68 Å². The molecule has 0 bridgehead atoms. The van der Waals surface area contributed by atoms with Crippen LogP contribution in [0.2, 0.25) is 0 Å². The molecule has 0 saturated carbocycles. The van der Waals surface area contributed by atoms with E-state index >= 15 is 0 Å². The molecule has 3 heteroatoms. The van der Waals surface area contributed by atoms with Crippen LogP contribution in [0.5, 0.6) is 0 Å². The predicted molar refractivity (Wildman–Crippen MR) is 68.2 cm³/mol. The van der Waals surface area contributed by atoms with E-state index in [-0.39, 0.29) is 0 Å². The Morgan fingerprint density at radius 3 is 2.44 bits per heavy atom. The molecule has 0 aliphatic rings. The first-order valence-corrected chi connectivity index (χ1v) is 6.01. The molecule has 1 rings (SSSR count). The highest BCUT2D eigenvalue weighted by Gasteiger charge is 2.24. The molecule has 0 radical (unpaired) electrons. The van der Waals surface area contributed by atoms with Gasteiger partial charge in [-0.15, -0.1) is 0 Å². The molecule has 0 spiro atoms. The van der Waals surface area contributed by atoms with Crippen molar-refractivity contribution in [2.24, 2.45) is 18.4 Å². The van der Waals surface area contributed by atoms with Gasteiger partial charge in [0.1, 0.15) is 0 Å². The fraction of sp³-hybridized carbons (Fsp3) is 0.769. The number of hydrogen-bond donors (Lipinski definition) is 1. The van der Waals surface area contributed by atoms with Crippen molar-refractivity contribution in [2.45, 2.75) is 40.2 Å². The first-order valence-electron chi connectivity index (χ1n) is 6.01. The van der Waals surface area contributed by atoms with E-state index < -0.39 is 0 Å². The van der Waals surface area contributed by atoms with Gasteiger partial charge in [0.15, 0.2) is 0 Å². The van der Waals surface area contributed by atoms with Gasteiger partial charge in [-0.25, -0.2) is 0 Å².